The lowest BCUT2D eigenvalue weighted by molar-refractivity contribution is 0.104. The molecule has 0 aliphatic rings. The van der Waals surface area contributed by atoms with Gasteiger partial charge in [0.25, 0.3) is 0 Å². The van der Waals surface area contributed by atoms with Gasteiger partial charge in [0.15, 0.2) is 5.56 Å². The second kappa shape index (κ2) is 3.10. The van der Waals surface area contributed by atoms with Crippen molar-refractivity contribution in [2.45, 2.75) is 0 Å². The van der Waals surface area contributed by atoms with E-state index in [0.717, 1.165) is 0 Å². The molecule has 11 heavy (non-hydrogen) atoms. The van der Waals surface area contributed by atoms with Gasteiger partial charge in [-0.25, -0.2) is 4.79 Å². The second-order valence-electron chi connectivity index (χ2n) is 2.12. The maximum absolute atomic E-state index is 10.8. The Bertz CT molecular complexity index is 266. The first-order chi connectivity index (χ1) is 5.25. The number of rotatable bonds is 2. The van der Waals surface area contributed by atoms with Crippen molar-refractivity contribution in [2.24, 2.45) is 0 Å². The standard InChI is InChI=1S/C9H9O2/c1-7(10)8-5-3-4-6-9(8)11-2/h3-6H,1H2,2H3/q+1. The molecule has 0 unspecified atom stereocenters. The molecule has 0 bridgehead atoms. The number of ether oxygens (including phenoxy) is 1. The predicted octanol–water partition coefficient (Wildman–Crippen LogP) is 1.71. The van der Waals surface area contributed by atoms with Crippen molar-refractivity contribution < 1.29 is 9.53 Å². The van der Waals surface area contributed by atoms with Crippen molar-refractivity contribution in [3.63, 3.8) is 0 Å². The summed E-state index contributed by atoms with van der Waals surface area (Å²) in [6.45, 7) is 3.30. The smallest absolute Gasteiger partial charge is 0.337 e. The Labute approximate surface area is 65.8 Å². The molecule has 1 rings (SSSR count). The number of Topliss-reactive ketones (excluding diaryl/α,β-unsaturated/α-hetero) is 1. The average Bonchev–Trinajstić information content (AvgIpc) is 2.04. The number of para-hydroxylation sites is 1. The van der Waals surface area contributed by atoms with Gasteiger partial charge in [0.2, 0.25) is 5.75 Å². The molecule has 2 heteroatoms. The fourth-order valence-corrected chi connectivity index (χ4v) is 0.875. The van der Waals surface area contributed by atoms with Crippen LogP contribution in [0.25, 0.3) is 0 Å². The van der Waals surface area contributed by atoms with E-state index in [-0.39, 0.29) is 5.78 Å². The highest BCUT2D eigenvalue weighted by Crippen LogP contribution is 2.16. The van der Waals surface area contributed by atoms with E-state index in [0.29, 0.717) is 11.3 Å². The molecule has 0 atom stereocenters. The van der Waals surface area contributed by atoms with Crippen LogP contribution in [-0.2, 0) is 0 Å². The van der Waals surface area contributed by atoms with Crippen LogP contribution in [0, 0.1) is 6.92 Å². The van der Waals surface area contributed by atoms with Gasteiger partial charge in [-0.3, -0.25) is 0 Å². The zero-order chi connectivity index (χ0) is 8.27. The van der Waals surface area contributed by atoms with E-state index in [1.165, 1.54) is 7.11 Å². The Morgan fingerprint density at radius 3 is 2.55 bits per heavy atom. The highest BCUT2D eigenvalue weighted by Gasteiger charge is 2.15. The van der Waals surface area contributed by atoms with Crippen molar-refractivity contribution >= 4 is 5.78 Å². The van der Waals surface area contributed by atoms with Gasteiger partial charge in [-0.1, -0.05) is 6.07 Å². The SMILES string of the molecule is [CH2+]C(=O)c1ccccc1OC. The average molecular weight is 149 g/mol. The van der Waals surface area contributed by atoms with Crippen LogP contribution in [0.15, 0.2) is 24.3 Å². The Kier molecular flexibility index (Phi) is 2.16. The third kappa shape index (κ3) is 1.52. The molecule has 0 amide bonds. The monoisotopic (exact) mass is 149 g/mol. The molecule has 0 fully saturated rings. The highest BCUT2D eigenvalue weighted by atomic mass is 16.5. The van der Waals surface area contributed by atoms with Gasteiger partial charge in [-0.15, -0.1) is 0 Å². The van der Waals surface area contributed by atoms with Crippen LogP contribution in [-0.4, -0.2) is 12.9 Å². The minimum absolute atomic E-state index is 0.220. The molecule has 1 aromatic rings. The first-order valence-corrected chi connectivity index (χ1v) is 3.25. The van der Waals surface area contributed by atoms with Crippen LogP contribution < -0.4 is 4.74 Å². The second-order valence-corrected chi connectivity index (χ2v) is 2.12. The predicted molar refractivity (Wildman–Crippen MR) is 42.7 cm³/mol. The fraction of sp³-hybridized carbons (Fsp3) is 0.111. The van der Waals surface area contributed by atoms with Crippen molar-refractivity contribution in [1.82, 2.24) is 0 Å². The lowest BCUT2D eigenvalue weighted by atomic mass is 10.1. The van der Waals surface area contributed by atoms with E-state index >= 15 is 0 Å². The molecule has 0 heterocycles. The molecular weight excluding hydrogens is 140 g/mol. The maximum atomic E-state index is 10.8. The van der Waals surface area contributed by atoms with Crippen molar-refractivity contribution in [1.29, 1.82) is 0 Å². The van der Waals surface area contributed by atoms with Gasteiger partial charge in [0.1, 0.15) is 0 Å². The summed E-state index contributed by atoms with van der Waals surface area (Å²) < 4.78 is 4.95. The first-order valence-electron chi connectivity index (χ1n) is 3.25. The lowest BCUT2D eigenvalue weighted by Gasteiger charge is -1.95. The normalized spacial score (nSPS) is 9.18. The summed E-state index contributed by atoms with van der Waals surface area (Å²) in [7, 11) is 1.53. The van der Waals surface area contributed by atoms with E-state index in [2.05, 4.69) is 6.92 Å². The number of methoxy groups -OCH3 is 1. The Hall–Kier alpha value is -1.44. The number of hydrogen-bond donors (Lipinski definition) is 0. The number of benzene rings is 1. The summed E-state index contributed by atoms with van der Waals surface area (Å²) >= 11 is 0. The number of hydrogen-bond acceptors (Lipinski definition) is 2. The summed E-state index contributed by atoms with van der Waals surface area (Å²) in [4.78, 5) is 10.8. The van der Waals surface area contributed by atoms with Gasteiger partial charge in [-0.2, -0.15) is 0 Å². The minimum atomic E-state index is -0.220. The van der Waals surface area contributed by atoms with Crippen LogP contribution >= 0.6 is 0 Å². The van der Waals surface area contributed by atoms with Crippen LogP contribution in [0.3, 0.4) is 0 Å². The van der Waals surface area contributed by atoms with E-state index in [4.69, 9.17) is 4.74 Å². The van der Waals surface area contributed by atoms with Crippen molar-refractivity contribution in [2.75, 3.05) is 7.11 Å². The molecule has 56 valence electrons. The molecule has 0 saturated carbocycles. The maximum Gasteiger partial charge on any atom is 0.337 e. The number of ketones is 1. The van der Waals surface area contributed by atoms with Crippen molar-refractivity contribution in [3.8, 4) is 5.75 Å². The topological polar surface area (TPSA) is 26.3 Å². The van der Waals surface area contributed by atoms with E-state index in [9.17, 15) is 4.79 Å². The quantitative estimate of drug-likeness (QED) is 0.472. The zero-order valence-electron chi connectivity index (χ0n) is 6.33. The van der Waals surface area contributed by atoms with Gasteiger partial charge >= 0.3 is 5.78 Å². The van der Waals surface area contributed by atoms with Crippen molar-refractivity contribution in [3.05, 3.63) is 36.8 Å². The Balaban J connectivity index is 3.12. The van der Waals surface area contributed by atoms with Crippen LogP contribution in [0.4, 0.5) is 0 Å². The lowest BCUT2D eigenvalue weighted by Crippen LogP contribution is -1.96. The minimum Gasteiger partial charge on any atom is -0.479 e. The van der Waals surface area contributed by atoms with E-state index in [1.54, 1.807) is 18.2 Å². The fourth-order valence-electron chi connectivity index (χ4n) is 0.875. The van der Waals surface area contributed by atoms with E-state index in [1.807, 2.05) is 6.07 Å². The van der Waals surface area contributed by atoms with Gasteiger partial charge in [-0.05, 0) is 6.07 Å². The number of carbonyl (C=O) groups is 1. The number of carbonyl (C=O) groups excluding carboxylic acids is 1. The molecule has 1 aromatic carbocycles. The summed E-state index contributed by atoms with van der Waals surface area (Å²) in [5, 5.41) is 0. The molecule has 0 aliphatic heterocycles. The van der Waals surface area contributed by atoms with E-state index < -0.39 is 0 Å². The van der Waals surface area contributed by atoms with Crippen LogP contribution in [0.5, 0.6) is 5.75 Å². The zero-order valence-corrected chi connectivity index (χ0v) is 6.33. The first kappa shape index (κ1) is 7.66. The largest absolute Gasteiger partial charge is 0.479 e. The third-order valence-corrected chi connectivity index (χ3v) is 1.41. The van der Waals surface area contributed by atoms with Gasteiger partial charge < -0.3 is 4.74 Å². The Morgan fingerprint density at radius 1 is 1.45 bits per heavy atom. The van der Waals surface area contributed by atoms with Crippen LogP contribution in [0.2, 0.25) is 0 Å². The Morgan fingerprint density at radius 2 is 2.09 bits per heavy atom. The van der Waals surface area contributed by atoms with Crippen LogP contribution in [0.1, 0.15) is 10.4 Å². The molecule has 0 aromatic heterocycles. The molecule has 2 nitrogen and oxygen atoms in total. The van der Waals surface area contributed by atoms with Gasteiger partial charge in [0.05, 0.1) is 14.0 Å². The third-order valence-electron chi connectivity index (χ3n) is 1.41. The molecular formula is C9H9O2+. The molecule has 0 N–H and O–H groups in total. The summed E-state index contributed by atoms with van der Waals surface area (Å²) in [6.07, 6.45) is 0. The highest BCUT2D eigenvalue weighted by molar-refractivity contribution is 6.01. The summed E-state index contributed by atoms with van der Waals surface area (Å²) in [5.74, 6) is 0.356. The molecule has 0 spiro atoms. The molecule has 0 saturated heterocycles. The summed E-state index contributed by atoms with van der Waals surface area (Å²) in [5.41, 5.74) is 0.523. The molecule has 0 radical (unpaired) electrons. The summed E-state index contributed by atoms with van der Waals surface area (Å²) in [6, 6.07) is 7.01. The molecule has 0 aliphatic carbocycles. The van der Waals surface area contributed by atoms with Gasteiger partial charge in [0, 0.05) is 12.1 Å².